The summed E-state index contributed by atoms with van der Waals surface area (Å²) in [6.07, 6.45) is 5.00. The number of carbonyl (C=O) groups is 4. The highest BCUT2D eigenvalue weighted by Gasteiger charge is 2.47. The number of nitrogens with zero attached hydrogens (tertiary/aromatic N) is 2. The monoisotopic (exact) mass is 411 g/mol. The Kier molecular flexibility index (Phi) is 6.16. The van der Waals surface area contributed by atoms with Gasteiger partial charge in [-0.2, -0.15) is 0 Å². The minimum Gasteiger partial charge on any atom is -0.347 e. The Hall–Kier alpha value is -2.70. The summed E-state index contributed by atoms with van der Waals surface area (Å²) in [5, 5.41) is 3.02. The second-order valence-electron chi connectivity index (χ2n) is 8.55. The van der Waals surface area contributed by atoms with Crippen molar-refractivity contribution in [3.8, 4) is 0 Å². The van der Waals surface area contributed by atoms with Gasteiger partial charge < -0.3 is 10.2 Å². The zero-order chi connectivity index (χ0) is 21.1. The van der Waals surface area contributed by atoms with E-state index >= 15 is 0 Å². The number of hydrogen-bond donors (Lipinski definition) is 1. The highest BCUT2D eigenvalue weighted by atomic mass is 16.2. The minimum absolute atomic E-state index is 0.0776. The third-order valence-electron chi connectivity index (χ3n) is 6.61. The summed E-state index contributed by atoms with van der Waals surface area (Å²) >= 11 is 0. The Morgan fingerprint density at radius 1 is 1.00 bits per heavy atom. The summed E-state index contributed by atoms with van der Waals surface area (Å²) in [5.74, 6) is -0.702. The van der Waals surface area contributed by atoms with Crippen molar-refractivity contribution in [2.75, 3.05) is 19.6 Å². The Morgan fingerprint density at radius 3 is 2.27 bits per heavy atom. The van der Waals surface area contributed by atoms with Gasteiger partial charge in [-0.1, -0.05) is 43.2 Å². The number of benzene rings is 1. The summed E-state index contributed by atoms with van der Waals surface area (Å²) in [6.45, 7) is 1.26. The molecule has 7 heteroatoms. The van der Waals surface area contributed by atoms with Crippen LogP contribution in [0.25, 0.3) is 0 Å². The van der Waals surface area contributed by atoms with Gasteiger partial charge in [0.15, 0.2) is 0 Å². The molecule has 3 unspecified atom stereocenters. The second-order valence-corrected chi connectivity index (χ2v) is 8.55. The average molecular weight is 412 g/mol. The van der Waals surface area contributed by atoms with Crippen LogP contribution >= 0.6 is 0 Å². The molecule has 1 saturated carbocycles. The maximum Gasteiger partial charge on any atom is 0.233 e. The number of likely N-dealkylation sites (tertiary alicyclic amines) is 2. The highest BCUT2D eigenvalue weighted by molar-refractivity contribution is 6.05. The van der Waals surface area contributed by atoms with E-state index in [2.05, 4.69) is 5.32 Å². The first-order valence-corrected chi connectivity index (χ1v) is 11.0. The minimum atomic E-state index is -0.312. The second kappa shape index (κ2) is 8.98. The summed E-state index contributed by atoms with van der Waals surface area (Å²) < 4.78 is 0. The Balaban J connectivity index is 1.37. The standard InChI is InChI=1S/C23H29N3O4/c27-20(12-14-26-22(29)17-9-4-5-10-18(17)23(26)30)24-19(16-7-2-1-3-8-16)15-25-13-6-11-21(25)28/h1-3,7-8,17-19H,4-6,9-15H2,(H,24,27). The van der Waals surface area contributed by atoms with Crippen LogP contribution in [-0.4, -0.2) is 53.1 Å². The van der Waals surface area contributed by atoms with Gasteiger partial charge in [0.05, 0.1) is 17.9 Å². The molecule has 2 aliphatic heterocycles. The zero-order valence-electron chi connectivity index (χ0n) is 17.2. The largest absolute Gasteiger partial charge is 0.347 e. The predicted octanol–water partition coefficient (Wildman–Crippen LogP) is 2.03. The molecule has 1 N–H and O–H groups in total. The van der Waals surface area contributed by atoms with Gasteiger partial charge in [-0.3, -0.25) is 24.1 Å². The molecule has 1 aliphatic carbocycles. The number of rotatable bonds is 7. The zero-order valence-corrected chi connectivity index (χ0v) is 17.2. The van der Waals surface area contributed by atoms with Gasteiger partial charge in [0.2, 0.25) is 23.6 Å². The lowest BCUT2D eigenvalue weighted by molar-refractivity contribution is -0.140. The van der Waals surface area contributed by atoms with E-state index in [-0.39, 0.29) is 54.5 Å². The van der Waals surface area contributed by atoms with Gasteiger partial charge in [-0.25, -0.2) is 0 Å². The van der Waals surface area contributed by atoms with Gasteiger partial charge in [0.1, 0.15) is 0 Å². The van der Waals surface area contributed by atoms with Crippen LogP contribution in [0.5, 0.6) is 0 Å². The third-order valence-corrected chi connectivity index (χ3v) is 6.61. The maximum absolute atomic E-state index is 12.7. The van der Waals surface area contributed by atoms with Crippen molar-refractivity contribution >= 4 is 23.6 Å². The SMILES string of the molecule is O=C(CCN1C(=O)C2CCCCC2C1=O)NC(CN1CCCC1=O)c1ccccc1. The molecule has 3 fully saturated rings. The molecule has 3 atom stereocenters. The van der Waals surface area contributed by atoms with Crippen LogP contribution in [-0.2, 0) is 19.2 Å². The van der Waals surface area contributed by atoms with Gasteiger partial charge in [0.25, 0.3) is 0 Å². The highest BCUT2D eigenvalue weighted by Crippen LogP contribution is 2.38. The molecule has 1 aromatic rings. The fraction of sp³-hybridized carbons (Fsp3) is 0.565. The number of fused-ring (bicyclic) bond motifs is 1. The van der Waals surface area contributed by atoms with Crippen LogP contribution < -0.4 is 5.32 Å². The van der Waals surface area contributed by atoms with Crippen molar-refractivity contribution in [3.63, 3.8) is 0 Å². The lowest BCUT2D eigenvalue weighted by atomic mass is 9.81. The molecule has 0 bridgehead atoms. The van der Waals surface area contributed by atoms with E-state index in [1.54, 1.807) is 4.90 Å². The first-order valence-electron chi connectivity index (χ1n) is 11.0. The van der Waals surface area contributed by atoms with Gasteiger partial charge >= 0.3 is 0 Å². The van der Waals surface area contributed by atoms with E-state index in [1.807, 2.05) is 30.3 Å². The molecule has 30 heavy (non-hydrogen) atoms. The smallest absolute Gasteiger partial charge is 0.233 e. The maximum atomic E-state index is 12.7. The lowest BCUT2D eigenvalue weighted by Crippen LogP contribution is -2.40. The summed E-state index contributed by atoms with van der Waals surface area (Å²) in [4.78, 5) is 53.0. The molecule has 2 heterocycles. The van der Waals surface area contributed by atoms with Crippen LogP contribution in [0.4, 0.5) is 0 Å². The molecule has 4 amide bonds. The first-order chi connectivity index (χ1) is 14.5. The van der Waals surface area contributed by atoms with Crippen molar-refractivity contribution in [3.05, 3.63) is 35.9 Å². The predicted molar refractivity (Wildman–Crippen MR) is 110 cm³/mol. The number of amides is 4. The molecule has 4 rings (SSSR count). The number of nitrogens with one attached hydrogen (secondary N) is 1. The van der Waals surface area contributed by atoms with Crippen molar-refractivity contribution in [1.29, 1.82) is 0 Å². The van der Waals surface area contributed by atoms with Crippen molar-refractivity contribution in [1.82, 2.24) is 15.1 Å². The lowest BCUT2D eigenvalue weighted by Gasteiger charge is -2.25. The summed E-state index contributed by atoms with van der Waals surface area (Å²) in [6, 6.07) is 9.28. The molecular formula is C23H29N3O4. The van der Waals surface area contributed by atoms with E-state index in [0.29, 0.717) is 19.5 Å². The van der Waals surface area contributed by atoms with Crippen LogP contribution in [0.1, 0.15) is 56.6 Å². The van der Waals surface area contributed by atoms with Crippen LogP contribution in [0.15, 0.2) is 30.3 Å². The molecule has 0 spiro atoms. The van der Waals surface area contributed by atoms with Crippen molar-refractivity contribution < 1.29 is 19.2 Å². The van der Waals surface area contributed by atoms with Gasteiger partial charge in [-0.05, 0) is 24.8 Å². The van der Waals surface area contributed by atoms with Crippen molar-refractivity contribution in [2.24, 2.45) is 11.8 Å². The van der Waals surface area contributed by atoms with E-state index in [9.17, 15) is 19.2 Å². The molecule has 0 aromatic heterocycles. The summed E-state index contributed by atoms with van der Waals surface area (Å²) in [5.41, 5.74) is 0.935. The van der Waals surface area contributed by atoms with E-state index < -0.39 is 0 Å². The van der Waals surface area contributed by atoms with E-state index in [4.69, 9.17) is 0 Å². The summed E-state index contributed by atoms with van der Waals surface area (Å²) in [7, 11) is 0. The number of hydrogen-bond acceptors (Lipinski definition) is 4. The molecule has 0 radical (unpaired) electrons. The third kappa shape index (κ3) is 4.25. The van der Waals surface area contributed by atoms with Crippen molar-refractivity contribution in [2.45, 2.75) is 51.0 Å². The quantitative estimate of drug-likeness (QED) is 0.696. The first kappa shape index (κ1) is 20.6. The Morgan fingerprint density at radius 2 is 1.67 bits per heavy atom. The van der Waals surface area contributed by atoms with Crippen LogP contribution in [0, 0.1) is 11.8 Å². The topological polar surface area (TPSA) is 86.8 Å². The molecule has 7 nitrogen and oxygen atoms in total. The normalized spacial score (nSPS) is 24.9. The van der Waals surface area contributed by atoms with Gasteiger partial charge in [0, 0.05) is 32.5 Å². The fourth-order valence-electron chi connectivity index (χ4n) is 4.97. The average Bonchev–Trinajstić information content (AvgIpc) is 3.28. The molecule has 1 aromatic carbocycles. The van der Waals surface area contributed by atoms with Crippen LogP contribution in [0.3, 0.4) is 0 Å². The van der Waals surface area contributed by atoms with E-state index in [0.717, 1.165) is 37.7 Å². The Labute approximate surface area is 176 Å². The molecule has 2 saturated heterocycles. The molecule has 3 aliphatic rings. The Bertz CT molecular complexity index is 801. The van der Waals surface area contributed by atoms with Gasteiger partial charge in [-0.15, -0.1) is 0 Å². The number of carbonyl (C=O) groups excluding carboxylic acids is 4. The number of imide groups is 1. The van der Waals surface area contributed by atoms with E-state index in [1.165, 1.54) is 4.90 Å². The van der Waals surface area contributed by atoms with Crippen LogP contribution in [0.2, 0.25) is 0 Å². The fourth-order valence-corrected chi connectivity index (χ4v) is 4.97. The molecule has 160 valence electrons. The molecular weight excluding hydrogens is 382 g/mol.